The first-order valence-corrected chi connectivity index (χ1v) is 9.56. The largest absolute Gasteiger partial charge is 0.360 e. The van der Waals surface area contributed by atoms with Crippen molar-refractivity contribution in [1.82, 2.24) is 10.2 Å². The van der Waals surface area contributed by atoms with Crippen LogP contribution in [-0.4, -0.2) is 29.1 Å². The summed E-state index contributed by atoms with van der Waals surface area (Å²) in [5.74, 6) is 0. The minimum absolute atomic E-state index is 0.460. The van der Waals surface area contributed by atoms with Crippen LogP contribution in [-0.2, 0) is 13.0 Å². The van der Waals surface area contributed by atoms with E-state index in [0.29, 0.717) is 6.04 Å². The van der Waals surface area contributed by atoms with Crippen molar-refractivity contribution in [2.45, 2.75) is 38.8 Å². The maximum atomic E-state index is 5.49. The van der Waals surface area contributed by atoms with Gasteiger partial charge in [-0.15, -0.1) is 0 Å². The van der Waals surface area contributed by atoms with Gasteiger partial charge in [-0.25, -0.2) is 0 Å². The molecule has 1 aliphatic heterocycles. The van der Waals surface area contributed by atoms with Crippen LogP contribution in [0.15, 0.2) is 54.6 Å². The van der Waals surface area contributed by atoms with E-state index < -0.39 is 0 Å². The molecule has 0 unspecified atom stereocenters. The lowest BCUT2D eigenvalue weighted by molar-refractivity contribution is 0.199. The molecular weight excluding hydrogens is 326 g/mol. The molecule has 3 nitrogen and oxygen atoms in total. The molecule has 1 aliphatic rings. The van der Waals surface area contributed by atoms with E-state index in [-0.39, 0.29) is 0 Å². The Morgan fingerprint density at radius 1 is 1.04 bits per heavy atom. The number of rotatable bonds is 5. The molecule has 0 amide bonds. The highest BCUT2D eigenvalue weighted by Gasteiger charge is 2.19. The molecule has 0 radical (unpaired) electrons. The zero-order valence-electron chi connectivity index (χ0n) is 14.9. The topological polar surface area (TPSA) is 27.3 Å². The molecule has 2 N–H and O–H groups in total. The van der Waals surface area contributed by atoms with Crippen LogP contribution in [0.5, 0.6) is 0 Å². The van der Waals surface area contributed by atoms with Gasteiger partial charge in [0.25, 0.3) is 0 Å². The summed E-state index contributed by atoms with van der Waals surface area (Å²) in [6, 6.07) is 19.6. The lowest BCUT2D eigenvalue weighted by Gasteiger charge is -2.33. The lowest BCUT2D eigenvalue weighted by Crippen LogP contribution is -2.45. The molecule has 0 aliphatic carbocycles. The highest BCUT2D eigenvalue weighted by Crippen LogP contribution is 2.15. The molecule has 0 aromatic heterocycles. The van der Waals surface area contributed by atoms with E-state index in [2.05, 4.69) is 77.1 Å². The van der Waals surface area contributed by atoms with Crippen molar-refractivity contribution in [1.29, 1.82) is 0 Å². The van der Waals surface area contributed by atoms with Crippen LogP contribution < -0.4 is 10.6 Å². The van der Waals surface area contributed by atoms with Crippen LogP contribution in [0.3, 0.4) is 0 Å². The Labute approximate surface area is 156 Å². The van der Waals surface area contributed by atoms with Crippen molar-refractivity contribution in [2.75, 3.05) is 18.4 Å². The highest BCUT2D eigenvalue weighted by molar-refractivity contribution is 7.80. The normalized spacial score (nSPS) is 15.7. The number of hydrogen-bond acceptors (Lipinski definition) is 2. The van der Waals surface area contributed by atoms with Gasteiger partial charge in [0.05, 0.1) is 0 Å². The molecule has 25 heavy (non-hydrogen) atoms. The summed E-state index contributed by atoms with van der Waals surface area (Å²) in [5.41, 5.74) is 3.78. The van der Waals surface area contributed by atoms with Gasteiger partial charge < -0.3 is 10.6 Å². The van der Waals surface area contributed by atoms with Gasteiger partial charge in [0, 0.05) is 31.4 Å². The summed E-state index contributed by atoms with van der Waals surface area (Å²) in [4.78, 5) is 2.52. The molecule has 4 heteroatoms. The Bertz CT molecular complexity index is 679. The summed E-state index contributed by atoms with van der Waals surface area (Å²) in [7, 11) is 0. The van der Waals surface area contributed by atoms with Crippen LogP contribution in [0, 0.1) is 0 Å². The molecule has 1 fully saturated rings. The van der Waals surface area contributed by atoms with Gasteiger partial charge >= 0.3 is 0 Å². The Morgan fingerprint density at radius 3 is 2.48 bits per heavy atom. The number of nitrogens with zero attached hydrogens (tertiary/aromatic N) is 1. The zero-order valence-corrected chi connectivity index (χ0v) is 15.7. The first-order chi connectivity index (χ1) is 12.2. The number of benzene rings is 2. The average molecular weight is 354 g/mol. The molecule has 0 spiro atoms. The molecule has 2 aromatic rings. The Morgan fingerprint density at radius 2 is 1.76 bits per heavy atom. The van der Waals surface area contributed by atoms with Crippen LogP contribution in [0.25, 0.3) is 0 Å². The second-order valence-electron chi connectivity index (χ2n) is 6.69. The van der Waals surface area contributed by atoms with E-state index in [0.717, 1.165) is 49.7 Å². The number of piperidine rings is 1. The number of anilines is 1. The number of likely N-dealkylation sites (tertiary alicyclic amines) is 1. The van der Waals surface area contributed by atoms with Crippen molar-refractivity contribution < 1.29 is 0 Å². The van der Waals surface area contributed by atoms with Crippen LogP contribution in [0.4, 0.5) is 5.69 Å². The second-order valence-corrected chi connectivity index (χ2v) is 7.10. The summed E-state index contributed by atoms with van der Waals surface area (Å²) in [6.07, 6.45) is 3.29. The van der Waals surface area contributed by atoms with E-state index in [1.807, 2.05) is 0 Å². The van der Waals surface area contributed by atoms with E-state index >= 15 is 0 Å². The number of nitrogens with one attached hydrogen (secondary N) is 2. The first kappa shape index (κ1) is 17.9. The van der Waals surface area contributed by atoms with E-state index in [1.165, 1.54) is 11.1 Å². The molecule has 1 saturated heterocycles. The Balaban J connectivity index is 1.43. The molecule has 1 heterocycles. The van der Waals surface area contributed by atoms with Gasteiger partial charge in [0.1, 0.15) is 0 Å². The maximum Gasteiger partial charge on any atom is 0.170 e. The number of aryl methyl sites for hydroxylation is 1. The average Bonchev–Trinajstić information content (AvgIpc) is 2.64. The van der Waals surface area contributed by atoms with E-state index in [4.69, 9.17) is 12.2 Å². The second kappa shape index (κ2) is 8.97. The van der Waals surface area contributed by atoms with E-state index in [1.54, 1.807) is 0 Å². The number of thiocarbonyl (C=S) groups is 1. The standard InChI is InChI=1S/C21H27N3S/c1-2-17-9-6-10-20(15-17)23-21(25)22-19-11-13-24(14-12-19)16-18-7-4-3-5-8-18/h3-10,15,19H,2,11-14,16H2,1H3,(H2,22,23,25). The lowest BCUT2D eigenvalue weighted by atomic mass is 10.0. The fourth-order valence-corrected chi connectivity index (χ4v) is 3.58. The smallest absolute Gasteiger partial charge is 0.170 e. The van der Waals surface area contributed by atoms with Gasteiger partial charge in [-0.3, -0.25) is 4.90 Å². The van der Waals surface area contributed by atoms with Gasteiger partial charge in [-0.05, 0) is 54.7 Å². The van der Waals surface area contributed by atoms with Gasteiger partial charge in [0.2, 0.25) is 0 Å². The predicted molar refractivity (Wildman–Crippen MR) is 110 cm³/mol. The molecule has 0 atom stereocenters. The molecule has 3 rings (SSSR count). The van der Waals surface area contributed by atoms with E-state index in [9.17, 15) is 0 Å². The fourth-order valence-electron chi connectivity index (χ4n) is 3.30. The van der Waals surface area contributed by atoms with Gasteiger partial charge in [-0.1, -0.05) is 49.4 Å². The highest BCUT2D eigenvalue weighted by atomic mass is 32.1. The van der Waals surface area contributed by atoms with Crippen LogP contribution >= 0.6 is 12.2 Å². The maximum absolute atomic E-state index is 5.49. The third-order valence-corrected chi connectivity index (χ3v) is 4.98. The monoisotopic (exact) mass is 353 g/mol. The molecule has 132 valence electrons. The Kier molecular flexibility index (Phi) is 6.42. The molecule has 0 bridgehead atoms. The van der Waals surface area contributed by atoms with Gasteiger partial charge in [-0.2, -0.15) is 0 Å². The quantitative estimate of drug-likeness (QED) is 0.788. The number of hydrogen-bond donors (Lipinski definition) is 2. The van der Waals surface area contributed by atoms with Crippen molar-refractivity contribution >= 4 is 23.0 Å². The Hall–Kier alpha value is -1.91. The third kappa shape index (κ3) is 5.55. The van der Waals surface area contributed by atoms with Crippen LogP contribution in [0.1, 0.15) is 30.9 Å². The minimum Gasteiger partial charge on any atom is -0.360 e. The predicted octanol–water partition coefficient (Wildman–Crippen LogP) is 4.20. The summed E-state index contributed by atoms with van der Waals surface area (Å²) in [5, 5.41) is 7.54. The molecule has 0 saturated carbocycles. The van der Waals surface area contributed by atoms with Gasteiger partial charge in [0.15, 0.2) is 5.11 Å². The third-order valence-electron chi connectivity index (χ3n) is 4.76. The summed E-state index contributed by atoms with van der Waals surface area (Å²) < 4.78 is 0. The first-order valence-electron chi connectivity index (χ1n) is 9.15. The zero-order chi connectivity index (χ0) is 17.5. The van der Waals surface area contributed by atoms with Crippen molar-refractivity contribution in [2.24, 2.45) is 0 Å². The summed E-state index contributed by atoms with van der Waals surface area (Å²) in [6.45, 7) is 5.43. The van der Waals surface area contributed by atoms with Crippen molar-refractivity contribution in [3.63, 3.8) is 0 Å². The van der Waals surface area contributed by atoms with Crippen LogP contribution in [0.2, 0.25) is 0 Å². The van der Waals surface area contributed by atoms with Crippen molar-refractivity contribution in [3.05, 3.63) is 65.7 Å². The summed E-state index contributed by atoms with van der Waals surface area (Å²) >= 11 is 5.49. The molecular formula is C21H27N3S. The fraction of sp³-hybridized carbons (Fsp3) is 0.381. The SMILES string of the molecule is CCc1cccc(NC(=S)NC2CCN(Cc3ccccc3)CC2)c1. The molecule has 2 aromatic carbocycles. The minimum atomic E-state index is 0.460. The van der Waals surface area contributed by atoms with Crippen molar-refractivity contribution in [3.8, 4) is 0 Å².